The van der Waals surface area contributed by atoms with E-state index in [-0.39, 0.29) is 12.5 Å². The van der Waals surface area contributed by atoms with Crippen molar-refractivity contribution in [2.45, 2.75) is 6.42 Å². The highest BCUT2D eigenvalue weighted by Crippen LogP contribution is 2.17. The summed E-state index contributed by atoms with van der Waals surface area (Å²) in [4.78, 5) is 26.1. The van der Waals surface area contributed by atoms with E-state index >= 15 is 0 Å². The Kier molecular flexibility index (Phi) is 5.67. The fourth-order valence-corrected chi connectivity index (χ4v) is 2.85. The lowest BCUT2D eigenvalue weighted by Crippen LogP contribution is -2.38. The van der Waals surface area contributed by atoms with Crippen molar-refractivity contribution in [1.29, 1.82) is 0 Å². The molecule has 2 amide bonds. The average Bonchev–Trinajstić information content (AvgIpc) is 3.16. The number of likely N-dealkylation sites (tertiary alicyclic amines) is 1. The molecule has 0 radical (unpaired) electrons. The average molecular weight is 348 g/mol. The Morgan fingerprint density at radius 1 is 1.08 bits per heavy atom. The van der Waals surface area contributed by atoms with Gasteiger partial charge in [-0.15, -0.1) is 0 Å². The molecule has 2 N–H and O–H groups in total. The zero-order chi connectivity index (χ0) is 18.4. The molecule has 2 aromatic rings. The third-order valence-electron chi connectivity index (χ3n) is 4.32. The molecule has 0 aliphatic carbocycles. The Bertz CT molecular complexity index is 852. The Morgan fingerprint density at radius 3 is 2.54 bits per heavy atom. The van der Waals surface area contributed by atoms with Crippen LogP contribution in [0, 0.1) is 17.8 Å². The molecule has 1 heterocycles. The molecule has 5 nitrogen and oxygen atoms in total. The van der Waals surface area contributed by atoms with E-state index in [9.17, 15) is 14.7 Å². The van der Waals surface area contributed by atoms with Gasteiger partial charge in [-0.25, -0.2) is 0 Å². The second kappa shape index (κ2) is 8.32. The lowest BCUT2D eigenvalue weighted by molar-refractivity contribution is -0.142. The third-order valence-corrected chi connectivity index (χ3v) is 4.32. The van der Waals surface area contributed by atoms with Crippen LogP contribution in [-0.2, 0) is 9.59 Å². The van der Waals surface area contributed by atoms with Crippen LogP contribution in [0.2, 0.25) is 0 Å². The van der Waals surface area contributed by atoms with E-state index in [1.54, 1.807) is 18.2 Å². The molecule has 26 heavy (non-hydrogen) atoms. The molecule has 2 aromatic carbocycles. The van der Waals surface area contributed by atoms with Gasteiger partial charge in [0.2, 0.25) is 0 Å². The predicted molar refractivity (Wildman–Crippen MR) is 99.3 cm³/mol. The molecule has 0 spiro atoms. The number of benzene rings is 2. The molecule has 1 atom stereocenters. The Morgan fingerprint density at radius 2 is 1.81 bits per heavy atom. The summed E-state index contributed by atoms with van der Waals surface area (Å²) in [6.45, 7) is 0.939. The number of aliphatic hydroxyl groups excluding tert-OH is 1. The van der Waals surface area contributed by atoms with E-state index in [0.29, 0.717) is 30.8 Å². The Balaban J connectivity index is 1.71. The number of amides is 2. The molecule has 1 aliphatic heterocycles. The lowest BCUT2D eigenvalue weighted by atomic mass is 10.1. The lowest BCUT2D eigenvalue weighted by Gasteiger charge is -2.16. The number of aliphatic hydroxyl groups is 1. The maximum Gasteiger partial charge on any atom is 0.313 e. The van der Waals surface area contributed by atoms with Crippen LogP contribution < -0.4 is 5.32 Å². The molecule has 3 rings (SSSR count). The van der Waals surface area contributed by atoms with Crippen LogP contribution >= 0.6 is 0 Å². The van der Waals surface area contributed by atoms with Gasteiger partial charge in [0.15, 0.2) is 0 Å². The van der Waals surface area contributed by atoms with E-state index in [1.807, 2.05) is 36.4 Å². The topological polar surface area (TPSA) is 69.6 Å². The summed E-state index contributed by atoms with van der Waals surface area (Å²) >= 11 is 0. The number of nitrogens with one attached hydrogen (secondary N) is 1. The van der Waals surface area contributed by atoms with E-state index in [0.717, 1.165) is 5.56 Å². The zero-order valence-electron chi connectivity index (χ0n) is 14.3. The number of rotatable bonds is 2. The van der Waals surface area contributed by atoms with Gasteiger partial charge in [-0.05, 0) is 30.7 Å². The van der Waals surface area contributed by atoms with Crippen LogP contribution in [0.3, 0.4) is 0 Å². The van der Waals surface area contributed by atoms with Gasteiger partial charge in [-0.3, -0.25) is 9.59 Å². The molecular formula is C21H20N2O3. The van der Waals surface area contributed by atoms with Gasteiger partial charge >= 0.3 is 11.8 Å². The molecular weight excluding hydrogens is 328 g/mol. The fraction of sp³-hybridized carbons (Fsp3) is 0.238. The van der Waals surface area contributed by atoms with Crippen molar-refractivity contribution in [2.75, 3.05) is 25.0 Å². The Hall–Kier alpha value is -3.10. The number of para-hydroxylation sites is 1. The van der Waals surface area contributed by atoms with E-state index in [1.165, 1.54) is 4.90 Å². The third kappa shape index (κ3) is 4.29. The number of anilines is 1. The number of hydrogen-bond acceptors (Lipinski definition) is 3. The summed E-state index contributed by atoms with van der Waals surface area (Å²) in [5.41, 5.74) is 2.02. The van der Waals surface area contributed by atoms with Gasteiger partial charge in [0, 0.05) is 36.7 Å². The van der Waals surface area contributed by atoms with Crippen molar-refractivity contribution < 1.29 is 14.7 Å². The van der Waals surface area contributed by atoms with Gasteiger partial charge in [0.05, 0.1) is 5.69 Å². The van der Waals surface area contributed by atoms with Crippen LogP contribution in [0.1, 0.15) is 17.5 Å². The molecule has 132 valence electrons. The summed E-state index contributed by atoms with van der Waals surface area (Å²) in [5.74, 6) is 4.88. The van der Waals surface area contributed by atoms with Crippen LogP contribution in [0.15, 0.2) is 54.6 Å². The van der Waals surface area contributed by atoms with Crippen LogP contribution in [-0.4, -0.2) is 41.5 Å². The normalized spacial score (nSPS) is 15.9. The van der Waals surface area contributed by atoms with Crippen molar-refractivity contribution in [3.8, 4) is 11.8 Å². The van der Waals surface area contributed by atoms with Crippen molar-refractivity contribution in [1.82, 2.24) is 4.90 Å². The van der Waals surface area contributed by atoms with Crippen molar-refractivity contribution in [3.05, 3.63) is 65.7 Å². The minimum Gasteiger partial charge on any atom is -0.396 e. The summed E-state index contributed by atoms with van der Waals surface area (Å²) in [6.07, 6.45) is 0.717. The van der Waals surface area contributed by atoms with Crippen LogP contribution in [0.5, 0.6) is 0 Å². The zero-order valence-corrected chi connectivity index (χ0v) is 14.3. The van der Waals surface area contributed by atoms with Gasteiger partial charge in [0.25, 0.3) is 0 Å². The second-order valence-electron chi connectivity index (χ2n) is 6.20. The first-order valence-electron chi connectivity index (χ1n) is 8.54. The molecule has 1 aliphatic rings. The maximum atomic E-state index is 12.3. The van der Waals surface area contributed by atoms with Gasteiger partial charge < -0.3 is 15.3 Å². The highest BCUT2D eigenvalue weighted by atomic mass is 16.3. The van der Waals surface area contributed by atoms with Gasteiger partial charge in [-0.1, -0.05) is 42.2 Å². The summed E-state index contributed by atoms with van der Waals surface area (Å²) in [6, 6.07) is 16.7. The van der Waals surface area contributed by atoms with Crippen molar-refractivity contribution in [3.63, 3.8) is 0 Å². The smallest absolute Gasteiger partial charge is 0.313 e. The van der Waals surface area contributed by atoms with E-state index in [4.69, 9.17) is 0 Å². The van der Waals surface area contributed by atoms with E-state index < -0.39 is 11.8 Å². The summed E-state index contributed by atoms with van der Waals surface area (Å²) in [7, 11) is 0. The molecule has 0 bridgehead atoms. The first-order chi connectivity index (χ1) is 12.7. The number of carbonyl (C=O) groups excluding carboxylic acids is 2. The first kappa shape index (κ1) is 17.7. The monoisotopic (exact) mass is 348 g/mol. The molecule has 1 saturated heterocycles. The number of hydrogen-bond donors (Lipinski definition) is 2. The standard InChI is InChI=1S/C21H20N2O3/c24-15-17-12-13-23(14-17)21(26)20(25)22-19-9-5-4-8-18(19)11-10-16-6-2-1-3-7-16/h1-9,17,24H,12-15H2,(H,22,25). The quantitative estimate of drug-likeness (QED) is 0.643. The van der Waals surface area contributed by atoms with Crippen LogP contribution in [0.25, 0.3) is 0 Å². The molecule has 1 fully saturated rings. The maximum absolute atomic E-state index is 12.3. The molecule has 0 aromatic heterocycles. The summed E-state index contributed by atoms with van der Waals surface area (Å²) in [5, 5.41) is 11.8. The van der Waals surface area contributed by atoms with Crippen LogP contribution in [0.4, 0.5) is 5.69 Å². The Labute approximate surface area is 152 Å². The number of nitrogens with zero attached hydrogens (tertiary/aromatic N) is 1. The molecule has 5 heteroatoms. The number of carbonyl (C=O) groups is 2. The fourth-order valence-electron chi connectivity index (χ4n) is 2.85. The first-order valence-corrected chi connectivity index (χ1v) is 8.54. The van der Waals surface area contributed by atoms with Crippen molar-refractivity contribution >= 4 is 17.5 Å². The van der Waals surface area contributed by atoms with Gasteiger partial charge in [-0.2, -0.15) is 0 Å². The minimum atomic E-state index is -0.683. The molecule has 1 unspecified atom stereocenters. The summed E-state index contributed by atoms with van der Waals surface area (Å²) < 4.78 is 0. The van der Waals surface area contributed by atoms with E-state index in [2.05, 4.69) is 17.2 Å². The largest absolute Gasteiger partial charge is 0.396 e. The molecule has 0 saturated carbocycles. The predicted octanol–water partition coefficient (Wildman–Crippen LogP) is 1.87. The van der Waals surface area contributed by atoms with Crippen molar-refractivity contribution in [2.24, 2.45) is 5.92 Å². The minimum absolute atomic E-state index is 0.0311. The SMILES string of the molecule is O=C(Nc1ccccc1C#Cc1ccccc1)C(=O)N1CCC(CO)C1. The highest BCUT2D eigenvalue weighted by molar-refractivity contribution is 6.39. The highest BCUT2D eigenvalue weighted by Gasteiger charge is 2.29. The van der Waals surface area contributed by atoms with Gasteiger partial charge in [0.1, 0.15) is 0 Å². The second-order valence-corrected chi connectivity index (χ2v) is 6.20.